The number of hydrogen-bond acceptors (Lipinski definition) is 4. The van der Waals surface area contributed by atoms with Gasteiger partial charge in [0.2, 0.25) is 0 Å². The largest absolute Gasteiger partial charge is 0.296 e. The van der Waals surface area contributed by atoms with Gasteiger partial charge in [0.05, 0.1) is 0 Å². The highest BCUT2D eigenvalue weighted by Crippen LogP contribution is 2.19. The third kappa shape index (κ3) is 1.31. The molecular formula is C10H10N2O2S. The molecule has 2 heterocycles. The lowest BCUT2D eigenvalue weighted by Gasteiger charge is -1.99. The van der Waals surface area contributed by atoms with Crippen LogP contribution in [0.2, 0.25) is 0 Å². The molecule has 0 saturated heterocycles. The van der Waals surface area contributed by atoms with E-state index in [4.69, 9.17) is 0 Å². The van der Waals surface area contributed by atoms with Crippen LogP contribution in [0.5, 0.6) is 0 Å². The normalized spacial score (nSPS) is 10.9. The second-order valence-corrected chi connectivity index (χ2v) is 4.59. The summed E-state index contributed by atoms with van der Waals surface area (Å²) in [4.78, 5) is 28.4. The van der Waals surface area contributed by atoms with Gasteiger partial charge in [-0.25, -0.2) is 4.98 Å². The van der Waals surface area contributed by atoms with Gasteiger partial charge < -0.3 is 0 Å². The number of fused-ring (bicyclic) bond motifs is 1. The fourth-order valence-corrected chi connectivity index (χ4v) is 2.42. The zero-order valence-electron chi connectivity index (χ0n) is 8.70. The van der Waals surface area contributed by atoms with E-state index in [0.717, 1.165) is 10.6 Å². The molecule has 5 heteroatoms. The summed E-state index contributed by atoms with van der Waals surface area (Å²) in [6.07, 6.45) is 0.626. The van der Waals surface area contributed by atoms with Crippen molar-refractivity contribution in [2.45, 2.75) is 20.8 Å². The Bertz CT molecular complexity index is 610. The molecule has 2 aromatic heterocycles. The molecule has 0 atom stereocenters. The first-order valence-electron chi connectivity index (χ1n) is 4.50. The minimum absolute atomic E-state index is 0.149. The lowest BCUT2D eigenvalue weighted by atomic mass is 10.2. The van der Waals surface area contributed by atoms with Gasteiger partial charge in [0.25, 0.3) is 5.56 Å². The van der Waals surface area contributed by atoms with E-state index in [2.05, 4.69) is 4.98 Å². The minimum atomic E-state index is -0.149. The van der Waals surface area contributed by atoms with Crippen molar-refractivity contribution >= 4 is 22.6 Å². The molecule has 0 fully saturated rings. The van der Waals surface area contributed by atoms with Crippen LogP contribution < -0.4 is 5.56 Å². The van der Waals surface area contributed by atoms with Crippen molar-refractivity contribution in [1.29, 1.82) is 0 Å². The highest BCUT2D eigenvalue weighted by molar-refractivity contribution is 7.17. The van der Waals surface area contributed by atoms with Crippen molar-refractivity contribution < 1.29 is 4.79 Å². The number of rotatable bonds is 1. The maximum Gasteiger partial charge on any atom is 0.262 e. The van der Waals surface area contributed by atoms with Crippen LogP contribution in [0.25, 0.3) is 4.96 Å². The van der Waals surface area contributed by atoms with E-state index in [9.17, 15) is 9.59 Å². The molecule has 0 saturated carbocycles. The summed E-state index contributed by atoms with van der Waals surface area (Å²) in [5, 5.41) is 0. The summed E-state index contributed by atoms with van der Waals surface area (Å²) in [6.45, 7) is 5.43. The second-order valence-electron chi connectivity index (χ2n) is 3.41. The Balaban J connectivity index is 3.04. The molecule has 2 aromatic rings. The summed E-state index contributed by atoms with van der Waals surface area (Å²) in [7, 11) is 0. The molecule has 0 bridgehead atoms. The smallest absolute Gasteiger partial charge is 0.262 e. The van der Waals surface area contributed by atoms with Crippen LogP contribution in [0.3, 0.4) is 0 Å². The quantitative estimate of drug-likeness (QED) is 0.687. The Morgan fingerprint density at radius 3 is 2.60 bits per heavy atom. The van der Waals surface area contributed by atoms with Crippen molar-refractivity contribution in [3.8, 4) is 0 Å². The first-order valence-corrected chi connectivity index (χ1v) is 5.32. The molecule has 0 aliphatic rings. The van der Waals surface area contributed by atoms with Crippen molar-refractivity contribution in [2.24, 2.45) is 0 Å². The Morgan fingerprint density at radius 1 is 1.33 bits per heavy atom. The van der Waals surface area contributed by atoms with Crippen LogP contribution >= 0.6 is 11.3 Å². The molecule has 0 unspecified atom stereocenters. The molecule has 0 N–H and O–H groups in total. The van der Waals surface area contributed by atoms with Crippen LogP contribution in [0.4, 0.5) is 0 Å². The molecule has 4 nitrogen and oxygen atoms in total. The number of carbonyl (C=O) groups excluding carboxylic acids is 1. The number of hydrogen-bond donors (Lipinski definition) is 0. The molecule has 15 heavy (non-hydrogen) atoms. The number of aryl methyl sites for hydroxylation is 2. The number of aldehydes is 1. The van der Waals surface area contributed by atoms with E-state index in [1.807, 2.05) is 13.8 Å². The standard InChI is InChI=1S/C10H10N2O2S/c1-5-8(4-13)11-10-12(9(5)14)6(2)7(3)15-10/h4H,1-3H3. The predicted octanol–water partition coefficient (Wildman–Crippen LogP) is 1.49. The van der Waals surface area contributed by atoms with Gasteiger partial charge in [-0.3, -0.25) is 14.0 Å². The van der Waals surface area contributed by atoms with Crippen LogP contribution in [0, 0.1) is 20.8 Å². The van der Waals surface area contributed by atoms with Crippen molar-refractivity contribution in [3.05, 3.63) is 32.2 Å². The fourth-order valence-electron chi connectivity index (χ4n) is 1.45. The fraction of sp³-hybridized carbons (Fsp3) is 0.300. The molecular weight excluding hydrogens is 212 g/mol. The van der Waals surface area contributed by atoms with Crippen LogP contribution in [-0.4, -0.2) is 15.7 Å². The number of aromatic nitrogens is 2. The highest BCUT2D eigenvalue weighted by Gasteiger charge is 2.12. The van der Waals surface area contributed by atoms with Gasteiger partial charge in [-0.15, -0.1) is 11.3 Å². The van der Waals surface area contributed by atoms with Gasteiger partial charge in [-0.1, -0.05) is 0 Å². The average Bonchev–Trinajstić information content (AvgIpc) is 2.49. The van der Waals surface area contributed by atoms with Crippen LogP contribution in [0.15, 0.2) is 4.79 Å². The Hall–Kier alpha value is -1.49. The molecule has 0 aliphatic heterocycles. The van der Waals surface area contributed by atoms with Gasteiger partial charge >= 0.3 is 0 Å². The minimum Gasteiger partial charge on any atom is -0.296 e. The van der Waals surface area contributed by atoms with Crippen molar-refractivity contribution in [2.75, 3.05) is 0 Å². The third-order valence-electron chi connectivity index (χ3n) is 2.52. The third-order valence-corrected chi connectivity index (χ3v) is 3.57. The van der Waals surface area contributed by atoms with Crippen molar-refractivity contribution in [3.63, 3.8) is 0 Å². The average molecular weight is 222 g/mol. The SMILES string of the molecule is Cc1sc2nc(C=O)c(C)c(=O)n2c1C. The first kappa shape index (κ1) is 10.0. The summed E-state index contributed by atoms with van der Waals surface area (Å²) >= 11 is 1.42. The zero-order valence-corrected chi connectivity index (χ0v) is 9.51. The van der Waals surface area contributed by atoms with Gasteiger partial charge in [-0.2, -0.15) is 0 Å². The second kappa shape index (κ2) is 3.27. The maximum absolute atomic E-state index is 11.9. The molecule has 2 rings (SSSR count). The Kier molecular flexibility index (Phi) is 2.19. The number of carbonyl (C=O) groups is 1. The molecule has 0 aromatic carbocycles. The molecule has 0 spiro atoms. The van der Waals surface area contributed by atoms with E-state index in [1.165, 1.54) is 11.3 Å². The molecule has 78 valence electrons. The lowest BCUT2D eigenvalue weighted by Crippen LogP contribution is -2.20. The Labute approximate surface area is 90.2 Å². The first-order chi connectivity index (χ1) is 7.06. The van der Waals surface area contributed by atoms with Gasteiger partial charge in [0.15, 0.2) is 11.2 Å². The van der Waals surface area contributed by atoms with E-state index < -0.39 is 0 Å². The van der Waals surface area contributed by atoms with Gasteiger partial charge in [-0.05, 0) is 20.8 Å². The van der Waals surface area contributed by atoms with Gasteiger partial charge in [0.1, 0.15) is 5.69 Å². The Morgan fingerprint density at radius 2 is 2.00 bits per heavy atom. The van der Waals surface area contributed by atoms with Crippen molar-refractivity contribution in [1.82, 2.24) is 9.38 Å². The number of nitrogens with zero attached hydrogens (tertiary/aromatic N) is 2. The summed E-state index contributed by atoms with van der Waals surface area (Å²) in [5.74, 6) is 0. The van der Waals surface area contributed by atoms with E-state index >= 15 is 0 Å². The van der Waals surface area contributed by atoms with Crippen LogP contribution in [-0.2, 0) is 0 Å². The van der Waals surface area contributed by atoms with E-state index in [0.29, 0.717) is 16.8 Å². The van der Waals surface area contributed by atoms with Crippen LogP contribution in [0.1, 0.15) is 26.6 Å². The van der Waals surface area contributed by atoms with Gasteiger partial charge in [0, 0.05) is 16.1 Å². The van der Waals surface area contributed by atoms with E-state index in [-0.39, 0.29) is 11.3 Å². The highest BCUT2D eigenvalue weighted by atomic mass is 32.1. The van der Waals surface area contributed by atoms with E-state index in [1.54, 1.807) is 11.3 Å². The monoisotopic (exact) mass is 222 g/mol. The number of thiazole rings is 1. The molecule has 0 amide bonds. The predicted molar refractivity (Wildman–Crippen MR) is 58.9 cm³/mol. The lowest BCUT2D eigenvalue weighted by molar-refractivity contribution is 0.111. The maximum atomic E-state index is 11.9. The summed E-state index contributed by atoms with van der Waals surface area (Å²) in [5.41, 5.74) is 1.39. The summed E-state index contributed by atoms with van der Waals surface area (Å²) in [6, 6.07) is 0. The zero-order chi connectivity index (χ0) is 11.2. The summed E-state index contributed by atoms with van der Waals surface area (Å²) < 4.78 is 1.56. The topological polar surface area (TPSA) is 51.4 Å². The molecule has 0 radical (unpaired) electrons. The molecule has 0 aliphatic carbocycles.